The topological polar surface area (TPSA) is 72.5 Å². The number of methoxy groups -OCH3 is 1. The average molecular weight is 249 g/mol. The summed E-state index contributed by atoms with van der Waals surface area (Å²) in [4.78, 5) is 12.3. The van der Waals surface area contributed by atoms with E-state index < -0.39 is 0 Å². The van der Waals surface area contributed by atoms with Gasteiger partial charge in [0.2, 0.25) is 0 Å². The van der Waals surface area contributed by atoms with E-state index >= 15 is 0 Å². The highest BCUT2D eigenvalue weighted by Crippen LogP contribution is 2.34. The number of ketones is 1. The third-order valence-electron chi connectivity index (χ3n) is 3.59. The summed E-state index contributed by atoms with van der Waals surface area (Å²) in [5.74, 6) is 0.359. The molecule has 0 aliphatic heterocycles. The molecule has 0 saturated heterocycles. The summed E-state index contributed by atoms with van der Waals surface area (Å²) in [6, 6.07) is 2.93. The summed E-state index contributed by atoms with van der Waals surface area (Å²) in [6.07, 6.45) is 5.24. The van der Waals surface area contributed by atoms with Gasteiger partial charge in [0.1, 0.15) is 0 Å². The van der Waals surface area contributed by atoms with Crippen LogP contribution in [0.3, 0.4) is 0 Å². The zero-order valence-electron chi connectivity index (χ0n) is 10.6. The van der Waals surface area contributed by atoms with Crippen LogP contribution in [-0.2, 0) is 0 Å². The molecule has 98 valence electrons. The maximum atomic E-state index is 12.3. The predicted molar refractivity (Wildman–Crippen MR) is 70.0 cm³/mol. The molecule has 0 unspecified atom stereocenters. The number of nitrogens with two attached hydrogens (primary N) is 1. The first-order valence-electron chi connectivity index (χ1n) is 6.34. The van der Waals surface area contributed by atoms with Gasteiger partial charge in [0.05, 0.1) is 7.11 Å². The summed E-state index contributed by atoms with van der Waals surface area (Å²) in [5, 5.41) is 9.73. The average Bonchev–Trinajstić information content (AvgIpc) is 2.41. The Labute approximate surface area is 107 Å². The molecule has 0 atom stereocenters. The van der Waals surface area contributed by atoms with Gasteiger partial charge in [-0.1, -0.05) is 19.3 Å². The monoisotopic (exact) mass is 249 g/mol. The molecule has 0 amide bonds. The summed E-state index contributed by atoms with van der Waals surface area (Å²) < 4.78 is 4.96. The number of phenols is 1. The van der Waals surface area contributed by atoms with Crippen LogP contribution < -0.4 is 10.5 Å². The van der Waals surface area contributed by atoms with Crippen LogP contribution in [0, 0.1) is 5.92 Å². The molecule has 1 saturated carbocycles. The van der Waals surface area contributed by atoms with Gasteiger partial charge in [0.15, 0.2) is 17.3 Å². The number of phenolic OH excluding ortho intramolecular Hbond substituents is 1. The van der Waals surface area contributed by atoms with Crippen LogP contribution in [-0.4, -0.2) is 18.0 Å². The number of Topliss-reactive ketones (excluding diaryl/α,β-unsaturated/α-hetero) is 1. The van der Waals surface area contributed by atoms with E-state index in [2.05, 4.69) is 0 Å². The molecule has 4 nitrogen and oxygen atoms in total. The van der Waals surface area contributed by atoms with Crippen LogP contribution in [0.1, 0.15) is 42.5 Å². The van der Waals surface area contributed by atoms with Gasteiger partial charge in [0.25, 0.3) is 0 Å². The van der Waals surface area contributed by atoms with Gasteiger partial charge in [-0.25, -0.2) is 0 Å². The molecule has 0 radical (unpaired) electrons. The molecular weight excluding hydrogens is 230 g/mol. The second kappa shape index (κ2) is 5.29. The lowest BCUT2D eigenvalue weighted by Crippen LogP contribution is -2.19. The maximum Gasteiger partial charge on any atom is 0.168 e. The fourth-order valence-electron chi connectivity index (χ4n) is 2.55. The fourth-order valence-corrected chi connectivity index (χ4v) is 2.55. The molecule has 0 spiro atoms. The minimum atomic E-state index is -0.0362. The van der Waals surface area contributed by atoms with E-state index in [0.717, 1.165) is 25.7 Å². The summed E-state index contributed by atoms with van der Waals surface area (Å²) >= 11 is 0. The molecule has 1 aliphatic carbocycles. The van der Waals surface area contributed by atoms with Gasteiger partial charge in [-0.15, -0.1) is 0 Å². The highest BCUT2D eigenvalue weighted by Gasteiger charge is 2.24. The summed E-state index contributed by atoms with van der Waals surface area (Å²) in [7, 11) is 1.46. The van der Waals surface area contributed by atoms with Crippen molar-refractivity contribution < 1.29 is 14.6 Å². The molecule has 3 N–H and O–H groups in total. The lowest BCUT2D eigenvalue weighted by atomic mass is 9.83. The molecule has 18 heavy (non-hydrogen) atoms. The van der Waals surface area contributed by atoms with Gasteiger partial charge < -0.3 is 15.6 Å². The van der Waals surface area contributed by atoms with Crippen LogP contribution >= 0.6 is 0 Å². The van der Waals surface area contributed by atoms with Crippen LogP contribution in [0.25, 0.3) is 0 Å². The number of carbonyl (C=O) groups excluding carboxylic acids is 1. The van der Waals surface area contributed by atoms with E-state index in [4.69, 9.17) is 10.5 Å². The van der Waals surface area contributed by atoms with E-state index in [1.54, 1.807) is 0 Å². The number of rotatable bonds is 3. The summed E-state index contributed by atoms with van der Waals surface area (Å²) in [6.45, 7) is 0. The molecule has 1 aliphatic rings. The van der Waals surface area contributed by atoms with Gasteiger partial charge in [0, 0.05) is 23.2 Å². The van der Waals surface area contributed by atoms with Crippen molar-refractivity contribution in [2.45, 2.75) is 32.1 Å². The maximum absolute atomic E-state index is 12.3. The molecule has 1 aromatic rings. The lowest BCUT2D eigenvalue weighted by molar-refractivity contribution is 0.0890. The van der Waals surface area contributed by atoms with Crippen molar-refractivity contribution in [3.8, 4) is 11.5 Å². The molecule has 4 heteroatoms. The van der Waals surface area contributed by atoms with Crippen molar-refractivity contribution in [3.63, 3.8) is 0 Å². The number of anilines is 1. The van der Waals surface area contributed by atoms with E-state index in [9.17, 15) is 9.90 Å². The Morgan fingerprint density at radius 2 is 2.00 bits per heavy atom. The molecule has 1 fully saturated rings. The predicted octanol–water partition coefficient (Wildman–Crippen LogP) is 2.75. The molecular formula is C14H19NO3. The summed E-state index contributed by atoms with van der Waals surface area (Å²) in [5.41, 5.74) is 6.65. The Morgan fingerprint density at radius 3 is 2.61 bits per heavy atom. The molecule has 2 rings (SSSR count). The second-order valence-corrected chi connectivity index (χ2v) is 4.81. The van der Waals surface area contributed by atoms with Crippen molar-refractivity contribution in [2.75, 3.05) is 12.8 Å². The Kier molecular flexibility index (Phi) is 3.75. The Bertz CT molecular complexity index is 451. The first-order valence-corrected chi connectivity index (χ1v) is 6.34. The van der Waals surface area contributed by atoms with Gasteiger partial charge >= 0.3 is 0 Å². The second-order valence-electron chi connectivity index (χ2n) is 4.81. The van der Waals surface area contributed by atoms with Crippen LogP contribution in [0.2, 0.25) is 0 Å². The zero-order chi connectivity index (χ0) is 13.1. The van der Waals surface area contributed by atoms with E-state index in [1.807, 2.05) is 0 Å². The van der Waals surface area contributed by atoms with E-state index in [1.165, 1.54) is 25.7 Å². The van der Waals surface area contributed by atoms with Gasteiger partial charge in [-0.2, -0.15) is 0 Å². The van der Waals surface area contributed by atoms with Crippen molar-refractivity contribution in [1.82, 2.24) is 0 Å². The number of hydrogen-bond donors (Lipinski definition) is 2. The molecule has 1 aromatic carbocycles. The Balaban J connectivity index is 2.27. The normalized spacial score (nSPS) is 16.5. The smallest absolute Gasteiger partial charge is 0.168 e. The number of nitrogen functional groups attached to an aromatic ring is 1. The van der Waals surface area contributed by atoms with Crippen LogP contribution in [0.5, 0.6) is 11.5 Å². The number of benzene rings is 1. The number of ether oxygens (including phenoxy) is 1. The minimum Gasteiger partial charge on any atom is -0.504 e. The Hall–Kier alpha value is -1.71. The highest BCUT2D eigenvalue weighted by molar-refractivity contribution is 6.03. The van der Waals surface area contributed by atoms with Crippen molar-refractivity contribution >= 4 is 11.5 Å². The quantitative estimate of drug-likeness (QED) is 0.491. The fraction of sp³-hybridized carbons (Fsp3) is 0.500. The van der Waals surface area contributed by atoms with Crippen LogP contribution in [0.4, 0.5) is 5.69 Å². The minimum absolute atomic E-state index is 0.0362. The number of aromatic hydroxyl groups is 1. The van der Waals surface area contributed by atoms with Gasteiger partial charge in [-0.05, 0) is 18.9 Å². The van der Waals surface area contributed by atoms with Crippen molar-refractivity contribution in [1.29, 1.82) is 0 Å². The molecule has 0 bridgehead atoms. The largest absolute Gasteiger partial charge is 0.504 e. The first-order chi connectivity index (χ1) is 8.63. The third-order valence-corrected chi connectivity index (χ3v) is 3.59. The first kappa shape index (κ1) is 12.7. The lowest BCUT2D eigenvalue weighted by Gasteiger charge is -2.21. The highest BCUT2D eigenvalue weighted by atomic mass is 16.5. The van der Waals surface area contributed by atoms with Crippen LogP contribution in [0.15, 0.2) is 12.1 Å². The van der Waals surface area contributed by atoms with Gasteiger partial charge in [-0.3, -0.25) is 4.79 Å². The molecule has 0 aromatic heterocycles. The van der Waals surface area contributed by atoms with E-state index in [-0.39, 0.29) is 17.5 Å². The SMILES string of the molecule is COc1cc(N)c(C(=O)C2CCCCC2)cc1O. The van der Waals surface area contributed by atoms with E-state index in [0.29, 0.717) is 17.0 Å². The molecule has 0 heterocycles. The zero-order valence-corrected chi connectivity index (χ0v) is 10.6. The number of carbonyl (C=O) groups is 1. The Morgan fingerprint density at radius 1 is 1.33 bits per heavy atom. The third kappa shape index (κ3) is 2.42. The standard InChI is InChI=1S/C14H19NO3/c1-18-13-8-11(15)10(7-12(13)16)14(17)9-5-3-2-4-6-9/h7-9,16H,2-6,15H2,1H3. The number of hydrogen-bond acceptors (Lipinski definition) is 4. The van der Waals surface area contributed by atoms with Crippen molar-refractivity contribution in [2.24, 2.45) is 5.92 Å². The van der Waals surface area contributed by atoms with Crippen molar-refractivity contribution in [3.05, 3.63) is 17.7 Å².